The summed E-state index contributed by atoms with van der Waals surface area (Å²) in [6, 6.07) is 28.7. The summed E-state index contributed by atoms with van der Waals surface area (Å²) in [4.78, 5) is 55.3. The van der Waals surface area contributed by atoms with Crippen LogP contribution in [0.4, 0.5) is 44.2 Å². The van der Waals surface area contributed by atoms with E-state index < -0.39 is 69.6 Å². The Balaban J connectivity index is 0.000000199. The van der Waals surface area contributed by atoms with Gasteiger partial charge < -0.3 is 4.90 Å². The third kappa shape index (κ3) is 8.03. The molecule has 0 radical (unpaired) electrons. The molecule has 0 saturated carbocycles. The fourth-order valence-electron chi connectivity index (χ4n) is 6.91. The number of hydrogen-bond acceptors (Lipinski definition) is 4. The lowest BCUT2D eigenvalue weighted by Gasteiger charge is -2.31. The van der Waals surface area contributed by atoms with E-state index in [0.29, 0.717) is 26.6 Å². The zero-order valence-corrected chi connectivity index (χ0v) is 33.0. The van der Waals surface area contributed by atoms with Crippen LogP contribution in [-0.4, -0.2) is 45.9 Å². The number of anilines is 3. The van der Waals surface area contributed by atoms with Crippen molar-refractivity contribution in [2.45, 2.75) is 58.7 Å². The van der Waals surface area contributed by atoms with E-state index in [9.17, 15) is 36.7 Å². The van der Waals surface area contributed by atoms with Gasteiger partial charge in [0.05, 0.1) is 0 Å². The van der Waals surface area contributed by atoms with Gasteiger partial charge in [-0.25, -0.2) is 37.0 Å². The van der Waals surface area contributed by atoms with Gasteiger partial charge in [-0.2, -0.15) is 0 Å². The number of rotatable bonds is 4. The molecule has 2 heterocycles. The zero-order valence-electron chi connectivity index (χ0n) is 33.0. The van der Waals surface area contributed by atoms with Gasteiger partial charge in [-0.1, -0.05) is 78.3 Å². The van der Waals surface area contributed by atoms with Crippen molar-refractivity contribution in [1.29, 1.82) is 0 Å². The molecule has 5 aromatic carbocycles. The van der Waals surface area contributed by atoms with Crippen molar-refractivity contribution in [2.75, 3.05) is 14.7 Å². The largest absolute Gasteiger partial charge is 0.337 e. The summed E-state index contributed by atoms with van der Waals surface area (Å²) in [6.45, 7) is 9.67. The van der Waals surface area contributed by atoms with Crippen molar-refractivity contribution in [1.82, 2.24) is 4.90 Å². The van der Waals surface area contributed by atoms with Gasteiger partial charge in [0.1, 0.15) is 22.5 Å². The number of imide groups is 2. The lowest BCUT2D eigenvalue weighted by molar-refractivity contribution is -0.124. The molecular weight excluding hydrogens is 761 g/mol. The molecule has 2 aliphatic heterocycles. The summed E-state index contributed by atoms with van der Waals surface area (Å²) >= 11 is 0. The van der Waals surface area contributed by atoms with E-state index in [0.717, 1.165) is 24.3 Å². The second kappa shape index (κ2) is 16.4. The summed E-state index contributed by atoms with van der Waals surface area (Å²) in [6.07, 6.45) is 0. The fraction of sp³-hybridized carbons (Fsp3) is 0.191. The quantitative estimate of drug-likeness (QED) is 0.103. The van der Waals surface area contributed by atoms with E-state index in [1.165, 1.54) is 23.6 Å². The molecule has 6 amide bonds. The highest BCUT2D eigenvalue weighted by Crippen LogP contribution is 2.39. The minimum atomic E-state index is -1.32. The average molecular weight is 799 g/mol. The van der Waals surface area contributed by atoms with Crippen LogP contribution < -0.4 is 14.7 Å². The maximum atomic E-state index is 14.9. The summed E-state index contributed by atoms with van der Waals surface area (Å²) in [5.41, 5.74) is -1.83. The van der Waals surface area contributed by atoms with Crippen molar-refractivity contribution < 1.29 is 36.7 Å². The molecule has 12 heteroatoms. The van der Waals surface area contributed by atoms with Crippen LogP contribution in [0.15, 0.2) is 115 Å². The first-order valence-corrected chi connectivity index (χ1v) is 18.5. The van der Waals surface area contributed by atoms with Gasteiger partial charge in [0.25, 0.3) is 11.8 Å². The maximum Gasteiger partial charge on any atom is 0.337 e. The Morgan fingerprint density at radius 1 is 0.475 bits per heavy atom. The summed E-state index contributed by atoms with van der Waals surface area (Å²) in [5, 5.41) is 0. The Labute approximate surface area is 339 Å². The molecule has 2 aliphatic rings. The van der Waals surface area contributed by atoms with Crippen molar-refractivity contribution >= 4 is 40.9 Å². The molecule has 0 bridgehead atoms. The second-order valence-corrected chi connectivity index (χ2v) is 14.9. The van der Waals surface area contributed by atoms with Crippen LogP contribution in [0.1, 0.15) is 63.8 Å². The molecule has 0 aliphatic carbocycles. The van der Waals surface area contributed by atoms with Crippen LogP contribution in [-0.2, 0) is 9.59 Å². The smallest absolute Gasteiger partial charge is 0.307 e. The number of nitrogens with zero attached hydrogens (tertiary/aromatic N) is 4. The third-order valence-electron chi connectivity index (χ3n) is 9.66. The Morgan fingerprint density at radius 3 is 1.19 bits per heavy atom. The molecule has 2 fully saturated rings. The molecule has 0 aromatic heterocycles. The Bertz CT molecular complexity index is 2550. The molecular formula is C47H38F4N4O4. The van der Waals surface area contributed by atoms with Crippen molar-refractivity contribution in [3.8, 4) is 23.7 Å². The second-order valence-electron chi connectivity index (χ2n) is 14.9. The number of amides is 6. The highest BCUT2D eigenvalue weighted by molar-refractivity contribution is 6.30. The number of carbonyl (C=O) groups is 4. The topological polar surface area (TPSA) is 81.2 Å². The van der Waals surface area contributed by atoms with Crippen LogP contribution in [0.2, 0.25) is 0 Å². The third-order valence-corrected chi connectivity index (χ3v) is 9.66. The lowest BCUT2D eigenvalue weighted by Crippen LogP contribution is -2.47. The van der Waals surface area contributed by atoms with Gasteiger partial charge in [-0.05, 0) is 102 Å². The maximum absolute atomic E-state index is 14.9. The molecule has 0 N–H and O–H groups in total. The molecule has 59 heavy (non-hydrogen) atoms. The van der Waals surface area contributed by atoms with Crippen molar-refractivity contribution in [3.63, 3.8) is 0 Å². The minimum absolute atomic E-state index is 0.0980. The van der Waals surface area contributed by atoms with Crippen molar-refractivity contribution in [3.05, 3.63) is 161 Å². The van der Waals surface area contributed by atoms with Gasteiger partial charge in [0.2, 0.25) is 0 Å². The number of urea groups is 2. The lowest BCUT2D eigenvalue weighted by atomic mass is 10.0. The average Bonchev–Trinajstić information content (AvgIpc) is 3.48. The Hall–Kier alpha value is -7.18. The predicted molar refractivity (Wildman–Crippen MR) is 217 cm³/mol. The van der Waals surface area contributed by atoms with Gasteiger partial charge in [-0.15, -0.1) is 0 Å². The van der Waals surface area contributed by atoms with Gasteiger partial charge in [-0.3, -0.25) is 14.5 Å². The molecule has 0 atom stereocenters. The first-order valence-electron chi connectivity index (χ1n) is 18.5. The van der Waals surface area contributed by atoms with Crippen LogP contribution in [0.5, 0.6) is 0 Å². The Kier molecular flexibility index (Phi) is 11.5. The van der Waals surface area contributed by atoms with Crippen LogP contribution in [0.25, 0.3) is 0 Å². The van der Waals surface area contributed by atoms with E-state index in [1.54, 1.807) is 107 Å². The molecule has 7 rings (SSSR count). The predicted octanol–water partition coefficient (Wildman–Crippen LogP) is 9.44. The van der Waals surface area contributed by atoms with E-state index in [1.807, 2.05) is 12.1 Å². The SMILES string of the molecule is CC(C)N1C(=O)N(c2c(F)cc(C#Cc3ccccc3)cc2F)C(=O)C1(C)C.CC1(C)C(=O)N(c2c(F)cc(C#Cc3ccccc3)cc2F)C(=O)N1c1ccccc1. The van der Waals surface area contributed by atoms with Gasteiger partial charge >= 0.3 is 12.1 Å². The number of hydrogen-bond donors (Lipinski definition) is 0. The van der Waals surface area contributed by atoms with Crippen LogP contribution in [0, 0.1) is 47.0 Å². The standard InChI is InChI=1S/C25H18F2N2O2.C22H20F2N2O2/c1-25(2)23(30)28(24(31)29(25)19-11-7-4-8-12-19)22-20(26)15-18(16-21(22)27)14-13-17-9-5-3-6-10-17;1-14(2)26-21(28)25(20(27)22(26,3)4)19-17(23)12-16(13-18(19)24)11-10-15-8-6-5-7-9-15/h3-12,15-16H,1-2H3;5-9,12-14H,1-4H3. The summed E-state index contributed by atoms with van der Waals surface area (Å²) < 4.78 is 59.4. The number of para-hydroxylation sites is 1. The van der Waals surface area contributed by atoms with E-state index >= 15 is 0 Å². The highest BCUT2D eigenvalue weighted by atomic mass is 19.1. The van der Waals surface area contributed by atoms with E-state index in [4.69, 9.17) is 0 Å². The number of halogens is 4. The van der Waals surface area contributed by atoms with Crippen molar-refractivity contribution in [2.24, 2.45) is 0 Å². The minimum Gasteiger partial charge on any atom is -0.307 e. The molecule has 5 aromatic rings. The van der Waals surface area contributed by atoms with Crippen LogP contribution >= 0.6 is 0 Å². The van der Waals surface area contributed by atoms with Crippen LogP contribution in [0.3, 0.4) is 0 Å². The fourth-order valence-corrected chi connectivity index (χ4v) is 6.91. The summed E-state index contributed by atoms with van der Waals surface area (Å²) in [5.74, 6) is 5.55. The highest BCUT2D eigenvalue weighted by Gasteiger charge is 2.55. The normalized spacial score (nSPS) is 15.4. The van der Waals surface area contributed by atoms with Gasteiger partial charge in [0.15, 0.2) is 23.3 Å². The Morgan fingerprint density at radius 2 is 0.814 bits per heavy atom. The zero-order chi connectivity index (χ0) is 42.8. The number of benzene rings is 5. The number of carbonyl (C=O) groups excluding carboxylic acids is 4. The molecule has 2 saturated heterocycles. The molecule has 8 nitrogen and oxygen atoms in total. The molecule has 0 unspecified atom stereocenters. The van der Waals surface area contributed by atoms with E-state index in [-0.39, 0.29) is 17.2 Å². The van der Waals surface area contributed by atoms with E-state index in [2.05, 4.69) is 23.7 Å². The molecule has 0 spiro atoms. The first-order chi connectivity index (χ1) is 27.9. The monoisotopic (exact) mass is 798 g/mol. The summed E-state index contributed by atoms with van der Waals surface area (Å²) in [7, 11) is 0. The van der Waals surface area contributed by atoms with Gasteiger partial charge in [0, 0.05) is 34.0 Å². The molecule has 298 valence electrons. The first kappa shape index (κ1) is 41.5.